The second-order valence-corrected chi connectivity index (χ2v) is 13.0. The molecule has 212 valence electrons. The third-order valence-electron chi connectivity index (χ3n) is 9.36. The van der Waals surface area contributed by atoms with Gasteiger partial charge in [0.15, 0.2) is 5.78 Å². The van der Waals surface area contributed by atoms with Gasteiger partial charge in [-0.1, -0.05) is 0 Å². The van der Waals surface area contributed by atoms with Crippen LogP contribution in [-0.2, 0) is 23.2 Å². The van der Waals surface area contributed by atoms with E-state index in [1.54, 1.807) is 17.9 Å². The van der Waals surface area contributed by atoms with Crippen molar-refractivity contribution in [2.75, 3.05) is 18.4 Å². The lowest BCUT2D eigenvalue weighted by molar-refractivity contribution is -0.141. The van der Waals surface area contributed by atoms with Crippen molar-refractivity contribution >= 4 is 44.7 Å². The molecule has 1 atom stereocenters. The largest absolute Gasteiger partial charge is 0.340 e. The highest BCUT2D eigenvalue weighted by atomic mass is 32.1. The van der Waals surface area contributed by atoms with Crippen LogP contribution in [0.5, 0.6) is 0 Å². The van der Waals surface area contributed by atoms with Crippen LogP contribution in [0, 0.1) is 30.1 Å². The normalized spacial score (nSPS) is 22.7. The number of hydrogen-bond acceptors (Lipinski definition) is 8. The fourth-order valence-corrected chi connectivity index (χ4v) is 8.38. The highest BCUT2D eigenvalue weighted by Crippen LogP contribution is 2.48. The predicted molar refractivity (Wildman–Crippen MR) is 148 cm³/mol. The molecule has 12 heteroatoms. The first-order valence-corrected chi connectivity index (χ1v) is 14.8. The molecule has 1 spiro atoms. The monoisotopic (exact) mass is 578 g/mol. The second kappa shape index (κ2) is 9.14. The number of alkyl halides is 2. The van der Waals surface area contributed by atoms with Gasteiger partial charge in [-0.3, -0.25) is 19.0 Å². The average Bonchev–Trinajstić information content (AvgIpc) is 3.43. The van der Waals surface area contributed by atoms with E-state index < -0.39 is 17.0 Å². The fourth-order valence-electron chi connectivity index (χ4n) is 7.12. The van der Waals surface area contributed by atoms with Gasteiger partial charge >= 0.3 is 0 Å². The number of aryl methyl sites for hydroxylation is 2. The summed E-state index contributed by atoms with van der Waals surface area (Å²) in [5.74, 6) is -2.62. The van der Waals surface area contributed by atoms with Crippen LogP contribution in [0.15, 0.2) is 17.2 Å². The summed E-state index contributed by atoms with van der Waals surface area (Å²) in [6, 6.07) is 3.85. The third kappa shape index (κ3) is 4.08. The quantitative estimate of drug-likeness (QED) is 0.486. The SMILES string of the molecule is Cc1cc(Nc2ncnc3sc4c(c23)CC[C@H](C(=O)N2CC(C#N)C2)C4)c(=O)n2c1C(=O)CC21CCC(F)(F)CC1. The van der Waals surface area contributed by atoms with E-state index in [1.807, 2.05) is 0 Å². The molecule has 2 aliphatic heterocycles. The number of rotatable bonds is 3. The van der Waals surface area contributed by atoms with Crippen molar-refractivity contribution in [2.45, 2.75) is 69.8 Å². The second-order valence-electron chi connectivity index (χ2n) is 12.0. The zero-order valence-electron chi connectivity index (χ0n) is 22.5. The molecule has 2 fully saturated rings. The minimum absolute atomic E-state index is 0.0624. The molecule has 1 saturated carbocycles. The van der Waals surface area contributed by atoms with E-state index in [0.29, 0.717) is 49.4 Å². The van der Waals surface area contributed by atoms with E-state index >= 15 is 0 Å². The number of halogens is 2. The number of hydrogen-bond donors (Lipinski definition) is 1. The summed E-state index contributed by atoms with van der Waals surface area (Å²) in [6.45, 7) is 2.76. The molecular weight excluding hydrogens is 550 g/mol. The lowest BCUT2D eigenvalue weighted by Gasteiger charge is -2.38. The van der Waals surface area contributed by atoms with E-state index in [4.69, 9.17) is 5.26 Å². The molecule has 0 aromatic carbocycles. The van der Waals surface area contributed by atoms with Gasteiger partial charge in [-0.2, -0.15) is 5.26 Å². The van der Waals surface area contributed by atoms with Gasteiger partial charge in [0.25, 0.3) is 5.56 Å². The van der Waals surface area contributed by atoms with Crippen LogP contribution in [0.2, 0.25) is 0 Å². The Bertz CT molecular complexity index is 1720. The van der Waals surface area contributed by atoms with E-state index in [9.17, 15) is 23.2 Å². The van der Waals surface area contributed by atoms with Crippen molar-refractivity contribution < 1.29 is 18.4 Å². The van der Waals surface area contributed by atoms with Gasteiger partial charge < -0.3 is 10.2 Å². The number of aromatic nitrogens is 3. The Morgan fingerprint density at radius 1 is 1.20 bits per heavy atom. The van der Waals surface area contributed by atoms with Crippen LogP contribution in [0.4, 0.5) is 20.3 Å². The molecule has 3 aromatic heterocycles. The summed E-state index contributed by atoms with van der Waals surface area (Å²) in [6.07, 6.45) is 2.88. The molecule has 9 nitrogen and oxygen atoms in total. The Morgan fingerprint density at radius 2 is 1.95 bits per heavy atom. The van der Waals surface area contributed by atoms with Crippen molar-refractivity contribution in [2.24, 2.45) is 11.8 Å². The molecule has 4 aliphatic rings. The smallest absolute Gasteiger partial charge is 0.275 e. The number of pyridine rings is 1. The van der Waals surface area contributed by atoms with Gasteiger partial charge in [0, 0.05) is 43.1 Å². The van der Waals surface area contributed by atoms with Gasteiger partial charge in [0.05, 0.1) is 28.6 Å². The number of likely N-dealkylation sites (tertiary alicyclic amines) is 1. The number of thiophene rings is 1. The Hall–Kier alpha value is -3.72. The number of nitrogens with one attached hydrogen (secondary N) is 1. The number of fused-ring (bicyclic) bond motifs is 5. The summed E-state index contributed by atoms with van der Waals surface area (Å²) in [5, 5.41) is 13.1. The molecule has 0 unspecified atom stereocenters. The fraction of sp³-hybridized carbons (Fsp3) is 0.517. The molecule has 3 aromatic rings. The molecule has 0 radical (unpaired) electrons. The van der Waals surface area contributed by atoms with Crippen LogP contribution in [0.1, 0.15) is 65.0 Å². The zero-order chi connectivity index (χ0) is 28.7. The molecule has 1 amide bonds. The zero-order valence-corrected chi connectivity index (χ0v) is 23.3. The van der Waals surface area contributed by atoms with Crippen LogP contribution in [0.25, 0.3) is 10.2 Å². The van der Waals surface area contributed by atoms with Gasteiger partial charge in [-0.15, -0.1) is 11.3 Å². The van der Waals surface area contributed by atoms with Crippen molar-refractivity contribution in [1.82, 2.24) is 19.4 Å². The van der Waals surface area contributed by atoms with Crippen LogP contribution >= 0.6 is 11.3 Å². The lowest BCUT2D eigenvalue weighted by Crippen LogP contribution is -2.52. The first kappa shape index (κ1) is 26.2. The number of nitriles is 1. The maximum atomic E-state index is 14.0. The molecule has 5 heterocycles. The number of amides is 1. The number of anilines is 2. The Morgan fingerprint density at radius 3 is 2.68 bits per heavy atom. The summed E-state index contributed by atoms with van der Waals surface area (Å²) in [4.78, 5) is 52.4. The molecule has 1 saturated heterocycles. The highest BCUT2D eigenvalue weighted by Gasteiger charge is 2.51. The maximum Gasteiger partial charge on any atom is 0.275 e. The highest BCUT2D eigenvalue weighted by molar-refractivity contribution is 7.19. The number of nitrogens with zero attached hydrogens (tertiary/aromatic N) is 5. The van der Waals surface area contributed by atoms with Crippen molar-refractivity contribution in [3.8, 4) is 6.07 Å². The molecule has 0 bridgehead atoms. The first-order chi connectivity index (χ1) is 19.6. The van der Waals surface area contributed by atoms with Crippen molar-refractivity contribution in [3.63, 3.8) is 0 Å². The number of Topliss-reactive ketones (excluding diaryl/α,β-unsaturated/α-hetero) is 1. The van der Waals surface area contributed by atoms with Gasteiger partial charge in [0.1, 0.15) is 22.7 Å². The summed E-state index contributed by atoms with van der Waals surface area (Å²) < 4.78 is 29.6. The standard InChI is InChI=1S/C29H28F2N6O3S/c1-15-8-19(27(40)37-23(15)20(38)10-28(37)4-6-29(30,31)7-5-28)35-24-22-18-3-2-17(26(39)36-12-16(11-32)13-36)9-21(18)41-25(22)34-14-33-24/h8,14,16-17H,2-7,9-10,12-13H2,1H3,(H,33,34,35)/t17-/m0/s1. The number of ketones is 1. The summed E-state index contributed by atoms with van der Waals surface area (Å²) in [5.41, 5.74) is 0.900. The molecular formula is C29H28F2N6O3S. The average molecular weight is 579 g/mol. The molecule has 2 aliphatic carbocycles. The predicted octanol–water partition coefficient (Wildman–Crippen LogP) is 4.48. The number of carbonyl (C=O) groups is 2. The van der Waals surface area contributed by atoms with Crippen molar-refractivity contribution in [1.29, 1.82) is 5.26 Å². The van der Waals surface area contributed by atoms with E-state index in [-0.39, 0.29) is 61.3 Å². The number of carbonyl (C=O) groups excluding carboxylic acids is 2. The Labute approximate surface area is 238 Å². The van der Waals surface area contributed by atoms with Crippen LogP contribution < -0.4 is 10.9 Å². The van der Waals surface area contributed by atoms with Gasteiger partial charge in [-0.05, 0) is 56.2 Å². The molecule has 41 heavy (non-hydrogen) atoms. The van der Waals surface area contributed by atoms with E-state index in [1.165, 1.54) is 22.2 Å². The summed E-state index contributed by atoms with van der Waals surface area (Å²) in [7, 11) is 0. The summed E-state index contributed by atoms with van der Waals surface area (Å²) >= 11 is 1.52. The Kier molecular flexibility index (Phi) is 5.84. The van der Waals surface area contributed by atoms with Crippen molar-refractivity contribution in [3.05, 3.63) is 44.4 Å². The van der Waals surface area contributed by atoms with Gasteiger partial charge in [-0.25, -0.2) is 18.7 Å². The van der Waals surface area contributed by atoms with Crippen LogP contribution in [-0.4, -0.2) is 50.1 Å². The molecule has 7 rings (SSSR count). The maximum absolute atomic E-state index is 14.0. The lowest BCUT2D eigenvalue weighted by atomic mass is 9.78. The van der Waals surface area contributed by atoms with Crippen LogP contribution in [0.3, 0.4) is 0 Å². The van der Waals surface area contributed by atoms with E-state index in [0.717, 1.165) is 20.7 Å². The Balaban J connectivity index is 1.22. The first-order valence-electron chi connectivity index (χ1n) is 14.0. The third-order valence-corrected chi connectivity index (χ3v) is 10.5. The molecule has 1 N–H and O–H groups in total. The van der Waals surface area contributed by atoms with Gasteiger partial charge in [0.2, 0.25) is 11.8 Å². The minimum atomic E-state index is -2.78. The topological polar surface area (TPSA) is 121 Å². The van der Waals surface area contributed by atoms with E-state index in [2.05, 4.69) is 21.4 Å². The minimum Gasteiger partial charge on any atom is -0.340 e.